The van der Waals surface area contributed by atoms with Crippen LogP contribution < -0.4 is 11.0 Å². The number of hydrogen-bond acceptors (Lipinski definition) is 6. The van der Waals surface area contributed by atoms with Crippen LogP contribution >= 0.6 is 0 Å². The van der Waals surface area contributed by atoms with Crippen LogP contribution in [-0.4, -0.2) is 24.0 Å². The molecule has 0 saturated heterocycles. The van der Waals surface area contributed by atoms with Crippen LogP contribution in [0.3, 0.4) is 0 Å². The molecule has 0 aromatic heterocycles. The first-order valence-corrected chi connectivity index (χ1v) is 11.4. The van der Waals surface area contributed by atoms with Gasteiger partial charge in [0.25, 0.3) is 0 Å². The van der Waals surface area contributed by atoms with E-state index in [1.165, 1.54) is 11.1 Å². The molecule has 0 bridgehead atoms. The van der Waals surface area contributed by atoms with Gasteiger partial charge in [0.15, 0.2) is 0 Å². The van der Waals surface area contributed by atoms with Crippen molar-refractivity contribution in [2.75, 3.05) is 0 Å². The molecule has 32 heavy (non-hydrogen) atoms. The quantitative estimate of drug-likeness (QED) is 0.476. The molecule has 4 rings (SSSR count). The average Bonchev–Trinajstić information content (AvgIpc) is 3.51. The predicted octanol–water partition coefficient (Wildman–Crippen LogP) is 4.31. The average molecular weight is 435 g/mol. The lowest BCUT2D eigenvalue weighted by Crippen LogP contribution is -2.30. The molecule has 2 aromatic carbocycles. The van der Waals surface area contributed by atoms with E-state index in [1.54, 1.807) is 0 Å². The first-order valence-electron chi connectivity index (χ1n) is 11.4. The lowest BCUT2D eigenvalue weighted by atomic mass is 9.98. The molecule has 168 valence electrons. The van der Waals surface area contributed by atoms with Gasteiger partial charge in [-0.3, -0.25) is 0 Å². The van der Waals surface area contributed by atoms with Crippen molar-refractivity contribution in [3.63, 3.8) is 0 Å². The lowest BCUT2D eigenvalue weighted by molar-refractivity contribution is -0.149. The number of carbonyl (C=O) groups excluding carboxylic acids is 2. The predicted molar refractivity (Wildman–Crippen MR) is 121 cm³/mol. The summed E-state index contributed by atoms with van der Waals surface area (Å²) < 4.78 is 0. The Labute approximate surface area is 188 Å². The monoisotopic (exact) mass is 434 g/mol. The van der Waals surface area contributed by atoms with Crippen molar-refractivity contribution in [2.24, 2.45) is 0 Å². The van der Waals surface area contributed by atoms with Gasteiger partial charge in [-0.05, 0) is 61.5 Å². The topological polar surface area (TPSA) is 76.7 Å². The minimum atomic E-state index is -0.616. The van der Waals surface area contributed by atoms with Gasteiger partial charge >= 0.3 is 11.9 Å². The summed E-state index contributed by atoms with van der Waals surface area (Å²) >= 11 is 0. The van der Waals surface area contributed by atoms with E-state index in [9.17, 15) is 9.59 Å². The zero-order chi connectivity index (χ0) is 22.2. The Kier molecular flexibility index (Phi) is 7.69. The Hall–Kier alpha value is -2.96. The molecule has 2 aromatic rings. The maximum atomic E-state index is 11.9. The van der Waals surface area contributed by atoms with Crippen LogP contribution in [-0.2, 0) is 19.3 Å². The molecule has 6 nitrogen and oxygen atoms in total. The molecule has 2 aliphatic carbocycles. The summed E-state index contributed by atoms with van der Waals surface area (Å²) in [7, 11) is 0. The van der Waals surface area contributed by atoms with Crippen LogP contribution in [0.1, 0.15) is 61.5 Å². The van der Waals surface area contributed by atoms with Crippen LogP contribution in [0.25, 0.3) is 0 Å². The molecule has 0 spiro atoms. The zero-order valence-electron chi connectivity index (χ0n) is 18.1. The highest BCUT2D eigenvalue weighted by molar-refractivity contribution is 5.91. The van der Waals surface area contributed by atoms with Gasteiger partial charge in [-0.1, -0.05) is 60.7 Å². The van der Waals surface area contributed by atoms with Crippen LogP contribution in [0.2, 0.25) is 0 Å². The first-order chi connectivity index (χ1) is 15.7. The largest absolute Gasteiger partial charge is 0.367 e. The Morgan fingerprint density at radius 3 is 1.47 bits per heavy atom. The van der Waals surface area contributed by atoms with E-state index in [-0.39, 0.29) is 12.1 Å². The van der Waals surface area contributed by atoms with Gasteiger partial charge in [0, 0.05) is 24.2 Å². The van der Waals surface area contributed by atoms with E-state index in [1.807, 2.05) is 36.4 Å². The molecule has 0 aliphatic heterocycles. The number of hydrogen-bond donors (Lipinski definition) is 2. The molecular weight excluding hydrogens is 404 g/mol. The zero-order valence-corrected chi connectivity index (χ0v) is 18.1. The third-order valence-electron chi connectivity index (χ3n) is 6.42. The van der Waals surface area contributed by atoms with Gasteiger partial charge in [0.1, 0.15) is 0 Å². The molecule has 6 heteroatoms. The fourth-order valence-corrected chi connectivity index (χ4v) is 4.72. The van der Waals surface area contributed by atoms with Gasteiger partial charge in [-0.2, -0.15) is 0 Å². The maximum Gasteiger partial charge on any atom is 0.349 e. The van der Waals surface area contributed by atoms with Gasteiger partial charge in [-0.25, -0.2) is 9.59 Å². The normalized spacial score (nSPS) is 25.1. The Balaban J connectivity index is 1.12. The Bertz CT molecular complexity index is 840. The number of benzene rings is 2. The molecule has 0 heterocycles. The van der Waals surface area contributed by atoms with Crippen molar-refractivity contribution in [3.05, 3.63) is 83.9 Å². The van der Waals surface area contributed by atoms with Crippen molar-refractivity contribution in [1.29, 1.82) is 0 Å². The third-order valence-corrected chi connectivity index (χ3v) is 6.42. The molecule has 2 saturated carbocycles. The van der Waals surface area contributed by atoms with Crippen LogP contribution in [0.5, 0.6) is 0 Å². The summed E-state index contributed by atoms with van der Waals surface area (Å²) in [5.41, 5.74) is 8.30. The molecule has 2 N–H and O–H groups in total. The molecule has 0 radical (unpaired) electrons. The fourth-order valence-electron chi connectivity index (χ4n) is 4.72. The number of carbonyl (C=O) groups is 2. The maximum absolute atomic E-state index is 11.9. The number of hydroxylamine groups is 2. The van der Waals surface area contributed by atoms with Gasteiger partial charge in [-0.15, -0.1) is 11.0 Å². The van der Waals surface area contributed by atoms with Crippen LogP contribution in [0.15, 0.2) is 72.8 Å². The Morgan fingerprint density at radius 2 is 1.06 bits per heavy atom. The van der Waals surface area contributed by atoms with E-state index in [4.69, 9.17) is 9.68 Å². The highest BCUT2D eigenvalue weighted by atomic mass is 16.7. The molecule has 0 amide bonds. The van der Waals surface area contributed by atoms with Crippen molar-refractivity contribution in [2.45, 2.75) is 62.4 Å². The van der Waals surface area contributed by atoms with Gasteiger partial charge in [0.05, 0.1) is 0 Å². The second-order valence-corrected chi connectivity index (χ2v) is 8.65. The van der Waals surface area contributed by atoms with E-state index in [2.05, 4.69) is 35.2 Å². The molecule has 4 atom stereocenters. The number of nitrogens with one attached hydrogen (secondary N) is 2. The molecule has 2 aliphatic rings. The minimum absolute atomic E-state index is 0.117. The minimum Gasteiger partial charge on any atom is -0.367 e. The number of rotatable bonds is 8. The molecule has 2 fully saturated rings. The van der Waals surface area contributed by atoms with Crippen molar-refractivity contribution >= 4 is 11.9 Å². The van der Waals surface area contributed by atoms with Gasteiger partial charge in [0.2, 0.25) is 0 Å². The summed E-state index contributed by atoms with van der Waals surface area (Å²) in [5, 5.41) is 0. The van der Waals surface area contributed by atoms with Crippen molar-refractivity contribution in [3.8, 4) is 0 Å². The summed E-state index contributed by atoms with van der Waals surface area (Å²) in [6.07, 6.45) is 7.99. The fraction of sp³-hybridized carbons (Fsp3) is 0.385. The van der Waals surface area contributed by atoms with E-state index < -0.39 is 11.9 Å². The lowest BCUT2D eigenvalue weighted by Gasteiger charge is -2.13. The molecular formula is C26H30N2O4. The Morgan fingerprint density at radius 1 is 0.656 bits per heavy atom. The highest BCUT2D eigenvalue weighted by Gasteiger charge is 2.27. The summed E-state index contributed by atoms with van der Waals surface area (Å²) in [4.78, 5) is 34.0. The van der Waals surface area contributed by atoms with Crippen molar-refractivity contribution in [1.82, 2.24) is 11.0 Å². The molecule has 4 unspecified atom stereocenters. The highest BCUT2D eigenvalue weighted by Crippen LogP contribution is 2.35. The van der Waals surface area contributed by atoms with Gasteiger partial charge < -0.3 is 9.68 Å². The third kappa shape index (κ3) is 6.28. The summed E-state index contributed by atoms with van der Waals surface area (Å²) in [5.74, 6) is -0.285. The first kappa shape index (κ1) is 22.2. The standard InChI is InChI=1S/C26H30N2O4/c29-25(31-27-23-13-11-21(17-23)19-7-3-1-4-8-19)15-16-26(30)32-28-24-14-12-22(18-24)20-9-5-2-6-10-20/h1-10,15-16,21-24,27-28H,11-14,17-18H2/b16-15-. The van der Waals surface area contributed by atoms with Crippen molar-refractivity contribution < 1.29 is 19.3 Å². The second kappa shape index (κ2) is 11.1. The SMILES string of the molecule is O=C(/C=C\C(=O)ONC1CCC(c2ccccc2)C1)ONC1CCC(c2ccccc2)C1. The van der Waals surface area contributed by atoms with E-state index >= 15 is 0 Å². The summed E-state index contributed by atoms with van der Waals surface area (Å²) in [6, 6.07) is 21.0. The van der Waals surface area contributed by atoms with E-state index in [0.717, 1.165) is 50.7 Å². The van der Waals surface area contributed by atoms with E-state index in [0.29, 0.717) is 11.8 Å². The second-order valence-electron chi connectivity index (χ2n) is 8.65. The smallest absolute Gasteiger partial charge is 0.349 e. The summed E-state index contributed by atoms with van der Waals surface area (Å²) in [6.45, 7) is 0. The van der Waals surface area contributed by atoms with Crippen LogP contribution in [0, 0.1) is 0 Å². The van der Waals surface area contributed by atoms with Crippen LogP contribution in [0.4, 0.5) is 0 Å².